The summed E-state index contributed by atoms with van der Waals surface area (Å²) in [7, 11) is -4.09. The number of anilines is 1. The Morgan fingerprint density at radius 1 is 1.26 bits per heavy atom. The fraction of sp³-hybridized carbons (Fsp3) is 0.300. The van der Waals surface area contributed by atoms with E-state index >= 15 is 0 Å². The number of fused-ring (bicyclic) bond motifs is 1. The van der Waals surface area contributed by atoms with Gasteiger partial charge in [-0.25, -0.2) is 39.9 Å². The van der Waals surface area contributed by atoms with Crippen molar-refractivity contribution < 1.29 is 44.8 Å². The third kappa shape index (κ3) is 4.53. The van der Waals surface area contributed by atoms with Gasteiger partial charge in [0.2, 0.25) is 10.0 Å². The molecule has 1 aliphatic heterocycles. The number of amides is 2. The van der Waals surface area contributed by atoms with E-state index in [1.54, 1.807) is 4.72 Å². The van der Waals surface area contributed by atoms with Gasteiger partial charge in [0.15, 0.2) is 11.4 Å². The van der Waals surface area contributed by atoms with Crippen LogP contribution in [-0.4, -0.2) is 67.0 Å². The number of halogens is 5. The van der Waals surface area contributed by atoms with Gasteiger partial charge in [-0.1, -0.05) is 11.2 Å². The Hall–Kier alpha value is -3.30. The fourth-order valence-corrected chi connectivity index (χ4v) is 4.70. The smallest absolute Gasteiger partial charge is 0.323 e. The van der Waals surface area contributed by atoms with E-state index in [4.69, 9.17) is 4.52 Å². The molecule has 3 aromatic rings. The molecule has 9 nitrogen and oxygen atoms in total. The summed E-state index contributed by atoms with van der Waals surface area (Å²) in [6.45, 7) is -2.03. The van der Waals surface area contributed by atoms with E-state index in [1.807, 2.05) is 0 Å². The summed E-state index contributed by atoms with van der Waals surface area (Å²) in [6, 6.07) is -0.837. The van der Waals surface area contributed by atoms with Crippen molar-refractivity contribution in [2.24, 2.45) is 0 Å². The standard InChI is InChI=1S/C20H17F5N4O5S/c1-35(32,33)28-14-7-29(15(8-30)20(14,24)25)19(31)26-18-17-10(5-9(21)6-13(17)34-27-18)16-11(22)3-2-4-12(16)23/h2-6,14-15,28,30H,7-8H2,1H3,(H,26,27,31)/t14-,15-/m1/s1. The van der Waals surface area contributed by atoms with Crippen LogP contribution in [0.15, 0.2) is 34.9 Å². The van der Waals surface area contributed by atoms with Crippen LogP contribution >= 0.6 is 0 Å². The number of rotatable bonds is 5. The first-order chi connectivity index (χ1) is 16.3. The van der Waals surface area contributed by atoms with E-state index < -0.39 is 76.0 Å². The highest BCUT2D eigenvalue weighted by atomic mass is 32.2. The number of aliphatic hydroxyl groups excluding tert-OH is 1. The van der Waals surface area contributed by atoms with E-state index in [-0.39, 0.29) is 16.5 Å². The zero-order valence-corrected chi connectivity index (χ0v) is 18.5. The van der Waals surface area contributed by atoms with Gasteiger partial charge in [0.05, 0.1) is 23.8 Å². The van der Waals surface area contributed by atoms with E-state index in [0.29, 0.717) is 11.2 Å². The molecule has 0 spiro atoms. The molecule has 0 bridgehead atoms. The molecule has 2 heterocycles. The molecule has 2 amide bonds. The molecule has 3 N–H and O–H groups in total. The van der Waals surface area contributed by atoms with Crippen molar-refractivity contribution in [3.05, 3.63) is 47.8 Å². The molecule has 4 rings (SSSR count). The zero-order valence-electron chi connectivity index (χ0n) is 17.7. The van der Waals surface area contributed by atoms with Crippen molar-refractivity contribution in [2.75, 3.05) is 24.7 Å². The number of hydrogen-bond acceptors (Lipinski definition) is 6. The van der Waals surface area contributed by atoms with Gasteiger partial charge < -0.3 is 14.5 Å². The van der Waals surface area contributed by atoms with Crippen molar-refractivity contribution in [3.8, 4) is 11.1 Å². The van der Waals surface area contributed by atoms with Crippen LogP contribution in [0.5, 0.6) is 0 Å². The Balaban J connectivity index is 1.73. The van der Waals surface area contributed by atoms with E-state index in [2.05, 4.69) is 10.5 Å². The molecule has 1 saturated heterocycles. The topological polar surface area (TPSA) is 125 Å². The number of aliphatic hydroxyl groups is 1. The first kappa shape index (κ1) is 24.8. The largest absolute Gasteiger partial charge is 0.394 e. The monoisotopic (exact) mass is 520 g/mol. The number of carbonyl (C=O) groups is 1. The lowest BCUT2D eigenvalue weighted by molar-refractivity contribution is -0.0557. The lowest BCUT2D eigenvalue weighted by Crippen LogP contribution is -2.51. The van der Waals surface area contributed by atoms with Crippen LogP contribution in [0, 0.1) is 17.5 Å². The average molecular weight is 520 g/mol. The molecule has 2 aromatic carbocycles. The number of benzene rings is 2. The van der Waals surface area contributed by atoms with Crippen molar-refractivity contribution >= 4 is 32.8 Å². The van der Waals surface area contributed by atoms with E-state index in [1.165, 1.54) is 0 Å². The van der Waals surface area contributed by atoms with Crippen molar-refractivity contribution in [1.82, 2.24) is 14.8 Å². The highest BCUT2D eigenvalue weighted by Crippen LogP contribution is 2.39. The summed E-state index contributed by atoms with van der Waals surface area (Å²) in [4.78, 5) is 13.3. The number of alkyl halides is 2. The Morgan fingerprint density at radius 2 is 1.91 bits per heavy atom. The van der Waals surface area contributed by atoms with Gasteiger partial charge in [-0.15, -0.1) is 0 Å². The summed E-state index contributed by atoms with van der Waals surface area (Å²) in [5.41, 5.74) is -1.32. The van der Waals surface area contributed by atoms with Crippen LogP contribution in [-0.2, 0) is 10.0 Å². The maximum atomic E-state index is 14.7. The second kappa shape index (κ2) is 8.73. The number of aromatic nitrogens is 1. The Bertz CT molecular complexity index is 1390. The first-order valence-corrected chi connectivity index (χ1v) is 11.8. The Kier molecular flexibility index (Phi) is 6.19. The van der Waals surface area contributed by atoms with Crippen LogP contribution in [0.1, 0.15) is 0 Å². The van der Waals surface area contributed by atoms with Crippen LogP contribution in [0.4, 0.5) is 32.6 Å². The normalized spacial score (nSPS) is 19.9. The SMILES string of the molecule is CS(=O)(=O)N[C@@H]1CN(C(=O)Nc2noc3cc(F)cc(-c4c(F)cccc4F)c23)[C@H](CO)C1(F)F. The van der Waals surface area contributed by atoms with Crippen molar-refractivity contribution in [3.63, 3.8) is 0 Å². The molecule has 35 heavy (non-hydrogen) atoms. The van der Waals surface area contributed by atoms with Crippen LogP contribution < -0.4 is 10.0 Å². The average Bonchev–Trinajstić information content (AvgIpc) is 3.24. The van der Waals surface area contributed by atoms with Crippen molar-refractivity contribution in [1.29, 1.82) is 0 Å². The number of sulfonamides is 1. The second-order valence-electron chi connectivity index (χ2n) is 7.85. The minimum Gasteiger partial charge on any atom is -0.394 e. The van der Waals surface area contributed by atoms with Gasteiger partial charge in [0, 0.05) is 18.2 Å². The Labute approximate surface area is 194 Å². The summed E-state index contributed by atoms with van der Waals surface area (Å²) < 4.78 is 102. The molecule has 0 saturated carbocycles. The van der Waals surface area contributed by atoms with Crippen LogP contribution in [0.3, 0.4) is 0 Å². The quantitative estimate of drug-likeness (QED) is 0.445. The minimum atomic E-state index is -4.09. The fourth-order valence-electron chi connectivity index (χ4n) is 3.95. The summed E-state index contributed by atoms with van der Waals surface area (Å²) in [5, 5.41) is 15.0. The molecule has 188 valence electrons. The van der Waals surface area contributed by atoms with Gasteiger partial charge in [-0.2, -0.15) is 0 Å². The molecule has 0 unspecified atom stereocenters. The van der Waals surface area contributed by atoms with Gasteiger partial charge in [-0.05, 0) is 18.2 Å². The van der Waals surface area contributed by atoms with Gasteiger partial charge in [0.25, 0.3) is 5.92 Å². The number of carbonyl (C=O) groups excluding carboxylic acids is 1. The molecular formula is C20H17F5N4O5S. The number of urea groups is 1. The Morgan fingerprint density at radius 3 is 2.51 bits per heavy atom. The predicted molar refractivity (Wildman–Crippen MR) is 113 cm³/mol. The zero-order chi connectivity index (χ0) is 25.7. The molecular weight excluding hydrogens is 503 g/mol. The molecule has 0 aliphatic carbocycles. The lowest BCUT2D eigenvalue weighted by Gasteiger charge is -2.26. The van der Waals surface area contributed by atoms with E-state index in [0.717, 1.165) is 30.3 Å². The van der Waals surface area contributed by atoms with Crippen LogP contribution in [0.25, 0.3) is 22.1 Å². The van der Waals surface area contributed by atoms with Gasteiger partial charge >= 0.3 is 6.03 Å². The molecule has 2 atom stereocenters. The minimum absolute atomic E-state index is 0.221. The number of nitrogens with one attached hydrogen (secondary N) is 2. The number of likely N-dealkylation sites (tertiary alicyclic amines) is 1. The third-order valence-corrected chi connectivity index (χ3v) is 6.16. The summed E-state index contributed by atoms with van der Waals surface area (Å²) in [6.07, 6.45) is 0.657. The highest BCUT2D eigenvalue weighted by molar-refractivity contribution is 7.88. The first-order valence-electron chi connectivity index (χ1n) is 9.90. The maximum Gasteiger partial charge on any atom is 0.323 e. The van der Waals surface area contributed by atoms with Gasteiger partial charge in [0.1, 0.15) is 29.5 Å². The predicted octanol–water partition coefficient (Wildman–Crippen LogP) is 2.67. The summed E-state index contributed by atoms with van der Waals surface area (Å²) >= 11 is 0. The van der Waals surface area contributed by atoms with Gasteiger partial charge in [-0.3, -0.25) is 5.32 Å². The van der Waals surface area contributed by atoms with E-state index in [9.17, 15) is 40.3 Å². The molecule has 1 aliphatic rings. The maximum absolute atomic E-state index is 14.7. The number of hydrogen-bond donors (Lipinski definition) is 3. The van der Waals surface area contributed by atoms with Crippen molar-refractivity contribution in [2.45, 2.75) is 18.0 Å². The van der Waals surface area contributed by atoms with Crippen LogP contribution in [0.2, 0.25) is 0 Å². The third-order valence-electron chi connectivity index (χ3n) is 5.45. The molecule has 1 fully saturated rings. The summed E-state index contributed by atoms with van der Waals surface area (Å²) in [5.74, 6) is -7.35. The molecule has 1 aromatic heterocycles. The second-order valence-corrected chi connectivity index (χ2v) is 9.63. The molecule has 0 radical (unpaired) electrons. The number of nitrogens with zero attached hydrogens (tertiary/aromatic N) is 2. The lowest BCUT2D eigenvalue weighted by atomic mass is 10.00. The molecule has 15 heteroatoms. The highest BCUT2D eigenvalue weighted by Gasteiger charge is 2.58.